The van der Waals surface area contributed by atoms with E-state index in [0.717, 1.165) is 24.3 Å². The van der Waals surface area contributed by atoms with Gasteiger partial charge in [0.15, 0.2) is 5.78 Å². The van der Waals surface area contributed by atoms with Crippen molar-refractivity contribution >= 4 is 42.8 Å². The molecule has 0 aliphatic carbocycles. The van der Waals surface area contributed by atoms with Gasteiger partial charge in [0.1, 0.15) is 17.7 Å². The maximum Gasteiger partial charge on any atom is 0.491 e. The topological polar surface area (TPSA) is 142 Å². The van der Waals surface area contributed by atoms with E-state index >= 15 is 0 Å². The predicted molar refractivity (Wildman–Crippen MR) is 110 cm³/mol. The molecule has 2 aromatic rings. The quantitative estimate of drug-likeness (QED) is 0.313. The summed E-state index contributed by atoms with van der Waals surface area (Å²) >= 11 is 0. The highest BCUT2D eigenvalue weighted by molar-refractivity contribution is 6.62. The van der Waals surface area contributed by atoms with Crippen LogP contribution in [-0.4, -0.2) is 53.1 Å². The number of aliphatic carboxylic acids is 1. The molecule has 0 spiro atoms. The smallest absolute Gasteiger partial charge is 0.480 e. The largest absolute Gasteiger partial charge is 0.491 e. The summed E-state index contributed by atoms with van der Waals surface area (Å²) in [5.41, 5.74) is 0.382. The van der Waals surface area contributed by atoms with E-state index in [4.69, 9.17) is 9.31 Å². The summed E-state index contributed by atoms with van der Waals surface area (Å²) in [7, 11) is -2.62. The van der Waals surface area contributed by atoms with Gasteiger partial charge >= 0.3 is 20.2 Å². The summed E-state index contributed by atoms with van der Waals surface area (Å²) in [5.74, 6) is -5.03. The van der Waals surface area contributed by atoms with Gasteiger partial charge in [-0.25, -0.2) is 13.6 Å². The van der Waals surface area contributed by atoms with Gasteiger partial charge in [-0.05, 0) is 52.7 Å². The second-order valence-corrected chi connectivity index (χ2v) is 7.71. The monoisotopic (exact) mass is 459 g/mol. The Balaban J connectivity index is 1.46. The summed E-state index contributed by atoms with van der Waals surface area (Å²) in [4.78, 5) is 36.6. The zero-order valence-electron chi connectivity index (χ0n) is 17.0. The van der Waals surface area contributed by atoms with E-state index in [1.165, 1.54) is 0 Å². The average Bonchev–Trinajstić information content (AvgIpc) is 3.30. The number of hydrogen-bond donors (Lipinski definition) is 4. The molecular weight excluding hydrogens is 442 g/mol. The van der Waals surface area contributed by atoms with Crippen molar-refractivity contribution < 1.29 is 47.6 Å². The lowest BCUT2D eigenvalue weighted by atomic mass is 9.78. The van der Waals surface area contributed by atoms with Gasteiger partial charge in [-0.1, -0.05) is 0 Å². The van der Waals surface area contributed by atoms with Crippen LogP contribution in [0.5, 0.6) is 0 Å². The molecule has 0 unspecified atom stereocenters. The van der Waals surface area contributed by atoms with Crippen LogP contribution in [0, 0.1) is 11.6 Å². The predicted octanol–water partition coefficient (Wildman–Crippen LogP) is -0.754. The van der Waals surface area contributed by atoms with Gasteiger partial charge in [-0.15, -0.1) is 0 Å². The molecule has 4 N–H and O–H groups in total. The minimum atomic E-state index is -1.57. The zero-order valence-corrected chi connectivity index (χ0v) is 17.0. The van der Waals surface area contributed by atoms with E-state index in [1.54, 1.807) is 0 Å². The minimum Gasteiger partial charge on any atom is -0.480 e. The molecule has 1 amide bonds. The van der Waals surface area contributed by atoms with E-state index in [-0.39, 0.29) is 29.7 Å². The number of fused-ring (bicyclic) bond motifs is 2. The Kier molecular flexibility index (Phi) is 6.30. The molecule has 2 aliphatic heterocycles. The molecule has 0 radical (unpaired) electrons. The Morgan fingerprint density at radius 1 is 0.939 bits per heavy atom. The summed E-state index contributed by atoms with van der Waals surface area (Å²) in [5, 5.41) is 31.1. The maximum absolute atomic E-state index is 14.3. The van der Waals surface area contributed by atoms with Crippen LogP contribution in [0.1, 0.15) is 44.7 Å². The highest BCUT2D eigenvalue weighted by Gasteiger charge is 2.32. The fourth-order valence-corrected chi connectivity index (χ4v) is 3.78. The molecule has 4 rings (SSSR count). The van der Waals surface area contributed by atoms with Crippen LogP contribution in [-0.2, 0) is 27.3 Å². The highest BCUT2D eigenvalue weighted by atomic mass is 19.1. The van der Waals surface area contributed by atoms with Crippen LogP contribution in [0.25, 0.3) is 0 Å². The molecule has 1 atom stereocenters. The molecule has 0 aromatic heterocycles. The maximum atomic E-state index is 14.3. The molecule has 0 saturated heterocycles. The molecule has 0 bridgehead atoms. The van der Waals surface area contributed by atoms with E-state index in [0.29, 0.717) is 11.1 Å². The number of carbonyl (C=O) groups is 3. The minimum absolute atomic E-state index is 0.00256. The lowest BCUT2D eigenvalue weighted by molar-refractivity contribution is -0.139. The van der Waals surface area contributed by atoms with Gasteiger partial charge in [0, 0.05) is 6.42 Å². The standard InChI is InChI=1S/C20H17B2F2NO8/c23-15-3-9-7-32-21(30)13(9)5-11(15)18(26)2-1-17(20(28)29)25-19(27)12-6-14-10(4-16(12)24)8-33-22(14)31/h3-6,17,30-31H,1-2,7-8H2,(H,25,27)(H,28,29)/t17-/m0/s1. The third-order valence-electron chi connectivity index (χ3n) is 5.59. The Labute approximate surface area is 186 Å². The Bertz CT molecular complexity index is 1160. The summed E-state index contributed by atoms with van der Waals surface area (Å²) in [6.07, 6.45) is -0.836. The van der Waals surface area contributed by atoms with Crippen LogP contribution in [0.4, 0.5) is 8.78 Å². The first-order valence-electron chi connectivity index (χ1n) is 9.96. The first kappa shape index (κ1) is 23.1. The number of halogens is 2. The Hall–Kier alpha value is -3.12. The van der Waals surface area contributed by atoms with E-state index < -0.39 is 68.0 Å². The number of hydrogen-bond acceptors (Lipinski definition) is 7. The highest BCUT2D eigenvalue weighted by Crippen LogP contribution is 2.19. The van der Waals surface area contributed by atoms with Crippen LogP contribution in [0.2, 0.25) is 0 Å². The molecule has 2 aromatic carbocycles. The number of Topliss-reactive ketones (excluding diaryl/α,β-unsaturated/α-hetero) is 1. The lowest BCUT2D eigenvalue weighted by Crippen LogP contribution is -2.42. The summed E-state index contributed by atoms with van der Waals surface area (Å²) < 4.78 is 38.6. The van der Waals surface area contributed by atoms with Crippen molar-refractivity contribution in [2.75, 3.05) is 0 Å². The number of carboxylic acid groups (broad SMARTS) is 1. The van der Waals surface area contributed by atoms with Gasteiger partial charge in [-0.3, -0.25) is 9.59 Å². The molecule has 170 valence electrons. The summed E-state index contributed by atoms with van der Waals surface area (Å²) in [6, 6.07) is 2.77. The number of benzene rings is 2. The van der Waals surface area contributed by atoms with Gasteiger partial charge in [0.25, 0.3) is 5.91 Å². The number of nitrogens with one attached hydrogen (secondary N) is 1. The van der Waals surface area contributed by atoms with E-state index in [9.17, 15) is 38.3 Å². The SMILES string of the molecule is O=C(CC[C@H](NC(=O)c1cc2c(cc1F)COB2O)C(=O)O)c1cc2c(cc1F)COB2O. The fraction of sp³-hybridized carbons (Fsp3) is 0.250. The van der Waals surface area contributed by atoms with Crippen molar-refractivity contribution in [1.82, 2.24) is 5.32 Å². The molecule has 0 fully saturated rings. The Morgan fingerprint density at radius 2 is 1.45 bits per heavy atom. The molecular formula is C20H17B2F2NO8. The van der Waals surface area contributed by atoms with E-state index in [2.05, 4.69) is 5.32 Å². The lowest BCUT2D eigenvalue weighted by Gasteiger charge is -2.15. The number of amides is 1. The number of carbonyl (C=O) groups excluding carboxylic acids is 2. The molecule has 2 heterocycles. The van der Waals surface area contributed by atoms with Crippen LogP contribution in [0.3, 0.4) is 0 Å². The molecule has 2 aliphatic rings. The van der Waals surface area contributed by atoms with Crippen molar-refractivity contribution in [3.8, 4) is 0 Å². The number of carboxylic acids is 1. The molecule has 9 nitrogen and oxygen atoms in total. The number of rotatable bonds is 7. The Morgan fingerprint density at radius 3 is 2.00 bits per heavy atom. The van der Waals surface area contributed by atoms with E-state index in [1.807, 2.05) is 0 Å². The fourth-order valence-electron chi connectivity index (χ4n) is 3.78. The van der Waals surface area contributed by atoms with Gasteiger partial charge in [-0.2, -0.15) is 0 Å². The second-order valence-electron chi connectivity index (χ2n) is 7.71. The third kappa shape index (κ3) is 4.53. The molecule has 33 heavy (non-hydrogen) atoms. The van der Waals surface area contributed by atoms with Crippen LogP contribution in [0.15, 0.2) is 24.3 Å². The third-order valence-corrected chi connectivity index (χ3v) is 5.59. The average molecular weight is 459 g/mol. The zero-order chi connectivity index (χ0) is 23.9. The van der Waals surface area contributed by atoms with Crippen molar-refractivity contribution in [2.24, 2.45) is 0 Å². The van der Waals surface area contributed by atoms with Crippen molar-refractivity contribution in [2.45, 2.75) is 32.1 Å². The first-order valence-corrected chi connectivity index (χ1v) is 9.96. The van der Waals surface area contributed by atoms with Crippen molar-refractivity contribution in [1.29, 1.82) is 0 Å². The summed E-state index contributed by atoms with van der Waals surface area (Å²) in [6.45, 7) is -0.0327. The molecule has 13 heteroatoms. The van der Waals surface area contributed by atoms with Gasteiger partial charge < -0.3 is 29.8 Å². The van der Waals surface area contributed by atoms with Crippen LogP contribution >= 0.6 is 0 Å². The van der Waals surface area contributed by atoms with Gasteiger partial charge in [0.2, 0.25) is 0 Å². The van der Waals surface area contributed by atoms with Crippen LogP contribution < -0.4 is 16.2 Å². The molecule has 0 saturated carbocycles. The van der Waals surface area contributed by atoms with Gasteiger partial charge in [0.05, 0.1) is 24.3 Å². The van der Waals surface area contributed by atoms with Crippen molar-refractivity contribution in [3.63, 3.8) is 0 Å². The normalized spacial score (nSPS) is 15.3. The van der Waals surface area contributed by atoms with Crippen molar-refractivity contribution in [3.05, 3.63) is 58.2 Å². The second kappa shape index (κ2) is 9.02. The number of ketones is 1. The first-order chi connectivity index (χ1) is 15.7.